The molecule has 0 unspecified atom stereocenters. The Balaban J connectivity index is 1.89. The second kappa shape index (κ2) is 7.50. The van der Waals surface area contributed by atoms with Crippen LogP contribution < -0.4 is 4.74 Å². The van der Waals surface area contributed by atoms with Gasteiger partial charge in [0.05, 0.1) is 6.61 Å². The molecule has 0 aromatic heterocycles. The summed E-state index contributed by atoms with van der Waals surface area (Å²) in [7, 11) is 0. The van der Waals surface area contributed by atoms with Crippen molar-refractivity contribution in [2.45, 2.75) is 46.0 Å². The third-order valence-corrected chi connectivity index (χ3v) is 4.46. The summed E-state index contributed by atoms with van der Waals surface area (Å²) in [5, 5.41) is 4.97. The van der Waals surface area contributed by atoms with E-state index in [0.717, 1.165) is 18.8 Å². The number of aryl methyl sites for hydroxylation is 1. The molecule has 3 aromatic rings. The van der Waals surface area contributed by atoms with E-state index in [1.165, 1.54) is 52.8 Å². The SMILES string of the molecule is CCCCCCCOc1c2ccccc2cc2ccc(C)cc12. The Hall–Kier alpha value is -2.02. The fourth-order valence-corrected chi connectivity index (χ4v) is 3.17. The van der Waals surface area contributed by atoms with E-state index < -0.39 is 0 Å². The van der Waals surface area contributed by atoms with Crippen LogP contribution in [-0.2, 0) is 0 Å². The van der Waals surface area contributed by atoms with Crippen molar-refractivity contribution in [2.24, 2.45) is 0 Å². The number of benzene rings is 3. The molecule has 0 aliphatic rings. The van der Waals surface area contributed by atoms with Crippen LogP contribution in [0.15, 0.2) is 48.5 Å². The number of hydrogen-bond donors (Lipinski definition) is 0. The molecule has 0 aliphatic carbocycles. The van der Waals surface area contributed by atoms with Gasteiger partial charge >= 0.3 is 0 Å². The molecule has 1 nitrogen and oxygen atoms in total. The first-order valence-corrected chi connectivity index (χ1v) is 8.84. The molecule has 0 saturated carbocycles. The maximum absolute atomic E-state index is 6.27. The Labute approximate surface area is 139 Å². The minimum atomic E-state index is 0.806. The molecular formula is C22H26O. The van der Waals surface area contributed by atoms with Gasteiger partial charge < -0.3 is 4.74 Å². The molecule has 0 spiro atoms. The molecule has 0 amide bonds. The lowest BCUT2D eigenvalue weighted by molar-refractivity contribution is 0.311. The molecule has 120 valence electrons. The van der Waals surface area contributed by atoms with Gasteiger partial charge in [0.25, 0.3) is 0 Å². The van der Waals surface area contributed by atoms with Crippen molar-refractivity contribution in [3.05, 3.63) is 54.1 Å². The highest BCUT2D eigenvalue weighted by Crippen LogP contribution is 2.35. The third kappa shape index (κ3) is 3.67. The maximum atomic E-state index is 6.27. The van der Waals surface area contributed by atoms with Crippen molar-refractivity contribution in [2.75, 3.05) is 6.61 Å². The lowest BCUT2D eigenvalue weighted by Crippen LogP contribution is -1.99. The van der Waals surface area contributed by atoms with Gasteiger partial charge in [-0.3, -0.25) is 0 Å². The Morgan fingerprint density at radius 1 is 0.783 bits per heavy atom. The van der Waals surface area contributed by atoms with E-state index in [1.54, 1.807) is 0 Å². The first-order chi connectivity index (χ1) is 11.3. The predicted octanol–water partition coefficient (Wildman–Crippen LogP) is 6.65. The molecule has 1 heteroatoms. The number of hydrogen-bond acceptors (Lipinski definition) is 1. The Bertz CT molecular complexity index is 788. The molecule has 0 bridgehead atoms. The first kappa shape index (κ1) is 15.9. The standard InChI is InChI=1S/C22H26O/c1-3-4-5-6-9-14-23-22-20-11-8-7-10-18(20)16-19-13-12-17(2)15-21(19)22/h7-8,10-13,15-16H,3-6,9,14H2,1-2H3. The molecule has 0 saturated heterocycles. The molecule has 0 heterocycles. The predicted molar refractivity (Wildman–Crippen MR) is 100 cm³/mol. The normalized spacial score (nSPS) is 11.2. The van der Waals surface area contributed by atoms with Crippen molar-refractivity contribution >= 4 is 21.5 Å². The fraction of sp³-hybridized carbons (Fsp3) is 0.364. The Morgan fingerprint density at radius 3 is 2.43 bits per heavy atom. The van der Waals surface area contributed by atoms with E-state index in [0.29, 0.717) is 0 Å². The van der Waals surface area contributed by atoms with Gasteiger partial charge in [0, 0.05) is 10.8 Å². The van der Waals surface area contributed by atoms with Gasteiger partial charge in [0.15, 0.2) is 0 Å². The van der Waals surface area contributed by atoms with Gasteiger partial charge in [-0.25, -0.2) is 0 Å². The van der Waals surface area contributed by atoms with E-state index in [9.17, 15) is 0 Å². The Morgan fingerprint density at radius 2 is 1.57 bits per heavy atom. The van der Waals surface area contributed by atoms with Crippen molar-refractivity contribution in [3.63, 3.8) is 0 Å². The minimum absolute atomic E-state index is 0.806. The quantitative estimate of drug-likeness (QED) is 0.351. The van der Waals surface area contributed by atoms with Crippen molar-refractivity contribution in [1.82, 2.24) is 0 Å². The monoisotopic (exact) mass is 306 g/mol. The van der Waals surface area contributed by atoms with Crippen LogP contribution in [0.2, 0.25) is 0 Å². The van der Waals surface area contributed by atoms with E-state index in [1.807, 2.05) is 0 Å². The second-order valence-electron chi connectivity index (χ2n) is 6.41. The van der Waals surface area contributed by atoms with E-state index in [-0.39, 0.29) is 0 Å². The van der Waals surface area contributed by atoms with Gasteiger partial charge in [-0.1, -0.05) is 74.6 Å². The molecule has 3 rings (SSSR count). The van der Waals surface area contributed by atoms with Crippen molar-refractivity contribution < 1.29 is 4.74 Å². The first-order valence-electron chi connectivity index (χ1n) is 8.84. The molecule has 3 aromatic carbocycles. The van der Waals surface area contributed by atoms with Crippen LogP contribution in [0.4, 0.5) is 0 Å². The summed E-state index contributed by atoms with van der Waals surface area (Å²) in [6.45, 7) is 5.20. The highest BCUT2D eigenvalue weighted by Gasteiger charge is 2.09. The number of rotatable bonds is 7. The molecule has 0 N–H and O–H groups in total. The zero-order valence-electron chi connectivity index (χ0n) is 14.3. The Kier molecular flexibility index (Phi) is 5.17. The number of fused-ring (bicyclic) bond motifs is 2. The smallest absolute Gasteiger partial charge is 0.134 e. The molecular weight excluding hydrogens is 280 g/mol. The van der Waals surface area contributed by atoms with Gasteiger partial charge in [-0.15, -0.1) is 0 Å². The molecule has 0 atom stereocenters. The van der Waals surface area contributed by atoms with Gasteiger partial charge in [-0.05, 0) is 36.2 Å². The lowest BCUT2D eigenvalue weighted by Gasteiger charge is -2.14. The van der Waals surface area contributed by atoms with Crippen LogP contribution in [0.25, 0.3) is 21.5 Å². The average molecular weight is 306 g/mol. The van der Waals surface area contributed by atoms with Crippen molar-refractivity contribution in [3.8, 4) is 5.75 Å². The maximum Gasteiger partial charge on any atom is 0.134 e. The summed E-state index contributed by atoms with van der Waals surface area (Å²) in [6.07, 6.45) is 6.33. The van der Waals surface area contributed by atoms with E-state index >= 15 is 0 Å². The van der Waals surface area contributed by atoms with Gasteiger partial charge in [0.2, 0.25) is 0 Å². The minimum Gasteiger partial charge on any atom is -0.492 e. The molecule has 0 aliphatic heterocycles. The summed E-state index contributed by atoms with van der Waals surface area (Å²) in [4.78, 5) is 0. The third-order valence-electron chi connectivity index (χ3n) is 4.46. The fourth-order valence-electron chi connectivity index (χ4n) is 3.17. The van der Waals surface area contributed by atoms with Gasteiger partial charge in [-0.2, -0.15) is 0 Å². The number of ether oxygens (including phenoxy) is 1. The highest BCUT2D eigenvalue weighted by atomic mass is 16.5. The van der Waals surface area contributed by atoms with Crippen LogP contribution >= 0.6 is 0 Å². The molecule has 23 heavy (non-hydrogen) atoms. The van der Waals surface area contributed by atoms with Crippen LogP contribution in [0.1, 0.15) is 44.6 Å². The summed E-state index contributed by atoms with van der Waals surface area (Å²) < 4.78 is 6.27. The zero-order valence-corrected chi connectivity index (χ0v) is 14.3. The van der Waals surface area contributed by atoms with Crippen LogP contribution in [-0.4, -0.2) is 6.61 Å². The summed E-state index contributed by atoms with van der Waals surface area (Å²) in [5.74, 6) is 1.05. The van der Waals surface area contributed by atoms with Crippen LogP contribution in [0, 0.1) is 6.92 Å². The summed E-state index contributed by atoms with van der Waals surface area (Å²) in [5.41, 5.74) is 1.28. The topological polar surface area (TPSA) is 9.23 Å². The number of unbranched alkanes of at least 4 members (excludes halogenated alkanes) is 4. The van der Waals surface area contributed by atoms with E-state index in [4.69, 9.17) is 4.74 Å². The lowest BCUT2D eigenvalue weighted by atomic mass is 10.0. The van der Waals surface area contributed by atoms with Gasteiger partial charge in [0.1, 0.15) is 5.75 Å². The van der Waals surface area contributed by atoms with Crippen molar-refractivity contribution in [1.29, 1.82) is 0 Å². The summed E-state index contributed by atoms with van der Waals surface area (Å²) >= 11 is 0. The average Bonchev–Trinajstić information content (AvgIpc) is 2.57. The summed E-state index contributed by atoms with van der Waals surface area (Å²) in [6, 6.07) is 17.4. The largest absolute Gasteiger partial charge is 0.492 e. The van der Waals surface area contributed by atoms with Crippen LogP contribution in [0.5, 0.6) is 5.75 Å². The molecule has 0 radical (unpaired) electrons. The highest BCUT2D eigenvalue weighted by molar-refractivity contribution is 6.05. The van der Waals surface area contributed by atoms with Crippen LogP contribution in [0.3, 0.4) is 0 Å². The molecule has 0 fully saturated rings. The second-order valence-corrected chi connectivity index (χ2v) is 6.41. The van der Waals surface area contributed by atoms with E-state index in [2.05, 4.69) is 62.4 Å². The zero-order chi connectivity index (χ0) is 16.1.